The molecular formula is C8H13N3O2. The van der Waals surface area contributed by atoms with Gasteiger partial charge in [0.25, 0.3) is 0 Å². The molecule has 1 atom stereocenters. The Morgan fingerprint density at radius 1 is 1.54 bits per heavy atom. The first kappa shape index (κ1) is 8.50. The lowest BCUT2D eigenvalue weighted by molar-refractivity contribution is 0.248. The van der Waals surface area contributed by atoms with Crippen molar-refractivity contribution < 1.29 is 9.26 Å². The fourth-order valence-electron chi connectivity index (χ4n) is 1.52. The molecule has 5 nitrogen and oxygen atoms in total. The summed E-state index contributed by atoms with van der Waals surface area (Å²) in [5.41, 5.74) is 0. The van der Waals surface area contributed by atoms with Crippen molar-refractivity contribution in [2.45, 2.75) is 25.3 Å². The third-order valence-corrected chi connectivity index (χ3v) is 2.22. The summed E-state index contributed by atoms with van der Waals surface area (Å²) in [4.78, 5) is 4.09. The van der Waals surface area contributed by atoms with E-state index in [1.807, 2.05) is 0 Å². The third-order valence-electron chi connectivity index (χ3n) is 2.22. The van der Waals surface area contributed by atoms with Crippen LogP contribution in [0.5, 0.6) is 6.08 Å². The van der Waals surface area contributed by atoms with Gasteiger partial charge >= 0.3 is 6.08 Å². The molecule has 0 radical (unpaired) electrons. The minimum atomic E-state index is 0.237. The maximum absolute atomic E-state index is 4.84. The average molecular weight is 183 g/mol. The SMILES string of the molecule is COc1nc(C2CCCCN2)no1. The predicted octanol–water partition coefficient (Wildman–Crippen LogP) is 0.893. The van der Waals surface area contributed by atoms with E-state index in [1.165, 1.54) is 20.0 Å². The van der Waals surface area contributed by atoms with Crippen molar-refractivity contribution in [3.8, 4) is 6.08 Å². The molecule has 0 spiro atoms. The van der Waals surface area contributed by atoms with Gasteiger partial charge in [0, 0.05) is 0 Å². The maximum Gasteiger partial charge on any atom is 0.417 e. The quantitative estimate of drug-likeness (QED) is 0.737. The van der Waals surface area contributed by atoms with E-state index in [2.05, 4.69) is 15.5 Å². The monoisotopic (exact) mass is 183 g/mol. The van der Waals surface area contributed by atoms with Crippen LogP contribution in [-0.2, 0) is 0 Å². The molecule has 0 saturated carbocycles. The summed E-state index contributed by atoms with van der Waals surface area (Å²) in [6.45, 7) is 1.03. The van der Waals surface area contributed by atoms with Crippen LogP contribution < -0.4 is 10.1 Å². The van der Waals surface area contributed by atoms with Gasteiger partial charge in [-0.3, -0.25) is 4.52 Å². The van der Waals surface area contributed by atoms with Gasteiger partial charge in [0.1, 0.15) is 0 Å². The first-order chi connectivity index (χ1) is 6.40. The van der Waals surface area contributed by atoms with Crippen molar-refractivity contribution in [2.75, 3.05) is 13.7 Å². The molecule has 1 aromatic heterocycles. The number of piperidine rings is 1. The summed E-state index contributed by atoms with van der Waals surface area (Å²) in [5, 5.41) is 7.17. The van der Waals surface area contributed by atoms with Crippen molar-refractivity contribution in [1.29, 1.82) is 0 Å². The maximum atomic E-state index is 4.84. The van der Waals surface area contributed by atoms with Crippen LogP contribution in [0.15, 0.2) is 4.52 Å². The second kappa shape index (κ2) is 3.74. The Balaban J connectivity index is 2.05. The lowest BCUT2D eigenvalue weighted by atomic mass is 10.0. The Morgan fingerprint density at radius 2 is 2.46 bits per heavy atom. The van der Waals surface area contributed by atoms with Crippen LogP contribution in [0.4, 0.5) is 0 Å². The molecule has 2 rings (SSSR count). The van der Waals surface area contributed by atoms with E-state index < -0.39 is 0 Å². The summed E-state index contributed by atoms with van der Waals surface area (Å²) in [7, 11) is 1.52. The van der Waals surface area contributed by atoms with Crippen molar-refractivity contribution in [2.24, 2.45) is 0 Å². The lowest BCUT2D eigenvalue weighted by Crippen LogP contribution is -2.27. The normalized spacial score (nSPS) is 23.0. The molecule has 0 aromatic carbocycles. The van der Waals surface area contributed by atoms with Crippen LogP contribution in [0.25, 0.3) is 0 Å². The first-order valence-corrected chi connectivity index (χ1v) is 4.51. The predicted molar refractivity (Wildman–Crippen MR) is 45.4 cm³/mol. The summed E-state index contributed by atoms with van der Waals surface area (Å²) in [6, 6.07) is 0.237. The van der Waals surface area contributed by atoms with E-state index in [0.29, 0.717) is 5.82 Å². The zero-order valence-corrected chi connectivity index (χ0v) is 7.62. The third kappa shape index (κ3) is 1.80. The van der Waals surface area contributed by atoms with Crippen molar-refractivity contribution >= 4 is 0 Å². The number of hydrogen-bond donors (Lipinski definition) is 1. The Morgan fingerprint density at radius 3 is 3.08 bits per heavy atom. The summed E-state index contributed by atoms with van der Waals surface area (Å²) >= 11 is 0. The zero-order chi connectivity index (χ0) is 9.10. The first-order valence-electron chi connectivity index (χ1n) is 4.51. The molecule has 1 aliphatic heterocycles. The van der Waals surface area contributed by atoms with Gasteiger partial charge in [-0.1, -0.05) is 11.6 Å². The summed E-state index contributed by atoms with van der Waals surface area (Å²) in [5.74, 6) is 0.705. The van der Waals surface area contributed by atoms with Crippen molar-refractivity contribution in [3.05, 3.63) is 5.82 Å². The highest BCUT2D eigenvalue weighted by Crippen LogP contribution is 2.21. The van der Waals surface area contributed by atoms with E-state index in [0.717, 1.165) is 13.0 Å². The minimum absolute atomic E-state index is 0.237. The number of nitrogens with zero attached hydrogens (tertiary/aromatic N) is 2. The number of ether oxygens (including phenoxy) is 1. The Labute approximate surface area is 76.5 Å². The second-order valence-electron chi connectivity index (χ2n) is 3.13. The number of rotatable bonds is 2. The molecule has 2 heterocycles. The molecule has 72 valence electrons. The molecule has 1 unspecified atom stereocenters. The van der Waals surface area contributed by atoms with Gasteiger partial charge in [0.05, 0.1) is 13.2 Å². The van der Waals surface area contributed by atoms with Gasteiger partial charge in [-0.25, -0.2) is 0 Å². The lowest BCUT2D eigenvalue weighted by Gasteiger charge is -2.19. The zero-order valence-electron chi connectivity index (χ0n) is 7.62. The Kier molecular flexibility index (Phi) is 2.44. The Bertz CT molecular complexity index is 268. The summed E-state index contributed by atoms with van der Waals surface area (Å²) < 4.78 is 9.66. The van der Waals surface area contributed by atoms with Crippen LogP contribution in [-0.4, -0.2) is 23.8 Å². The molecule has 1 aliphatic rings. The number of nitrogens with one attached hydrogen (secondary N) is 1. The van der Waals surface area contributed by atoms with Crippen LogP contribution >= 0.6 is 0 Å². The largest absolute Gasteiger partial charge is 0.452 e. The highest BCUT2D eigenvalue weighted by atomic mass is 16.6. The van der Waals surface area contributed by atoms with Gasteiger partial charge in [-0.15, -0.1) is 0 Å². The minimum Gasteiger partial charge on any atom is -0.452 e. The average Bonchev–Trinajstić information content (AvgIpc) is 2.67. The van der Waals surface area contributed by atoms with Crippen LogP contribution in [0.2, 0.25) is 0 Å². The van der Waals surface area contributed by atoms with E-state index in [1.54, 1.807) is 0 Å². The fourth-order valence-corrected chi connectivity index (χ4v) is 1.52. The van der Waals surface area contributed by atoms with Gasteiger partial charge in [0.15, 0.2) is 5.82 Å². The molecule has 0 aliphatic carbocycles. The molecule has 1 saturated heterocycles. The van der Waals surface area contributed by atoms with Gasteiger partial charge < -0.3 is 10.1 Å². The highest BCUT2D eigenvalue weighted by Gasteiger charge is 2.20. The van der Waals surface area contributed by atoms with Crippen LogP contribution in [0.1, 0.15) is 31.1 Å². The van der Waals surface area contributed by atoms with E-state index in [9.17, 15) is 0 Å². The van der Waals surface area contributed by atoms with Gasteiger partial charge in [-0.2, -0.15) is 4.98 Å². The highest BCUT2D eigenvalue weighted by molar-refractivity contribution is 4.97. The Hall–Kier alpha value is -1.10. The number of methoxy groups -OCH3 is 1. The van der Waals surface area contributed by atoms with Crippen molar-refractivity contribution in [3.63, 3.8) is 0 Å². The standard InChI is InChI=1S/C8H13N3O2/c1-12-8-10-7(11-13-8)6-4-2-3-5-9-6/h6,9H,2-5H2,1H3. The smallest absolute Gasteiger partial charge is 0.417 e. The fraction of sp³-hybridized carbons (Fsp3) is 0.750. The molecular weight excluding hydrogens is 170 g/mol. The van der Waals surface area contributed by atoms with Gasteiger partial charge in [-0.05, 0) is 19.4 Å². The van der Waals surface area contributed by atoms with Gasteiger partial charge in [0.2, 0.25) is 0 Å². The van der Waals surface area contributed by atoms with Crippen molar-refractivity contribution in [1.82, 2.24) is 15.5 Å². The van der Waals surface area contributed by atoms with Crippen LogP contribution in [0, 0.1) is 0 Å². The topological polar surface area (TPSA) is 60.2 Å². The molecule has 1 fully saturated rings. The molecule has 13 heavy (non-hydrogen) atoms. The molecule has 1 aromatic rings. The number of hydrogen-bond acceptors (Lipinski definition) is 5. The van der Waals surface area contributed by atoms with E-state index >= 15 is 0 Å². The second-order valence-corrected chi connectivity index (χ2v) is 3.13. The molecule has 0 amide bonds. The molecule has 1 N–H and O–H groups in total. The summed E-state index contributed by atoms with van der Waals surface area (Å²) in [6.07, 6.45) is 3.75. The molecule has 5 heteroatoms. The molecule has 0 bridgehead atoms. The van der Waals surface area contributed by atoms with E-state index in [4.69, 9.17) is 9.26 Å². The van der Waals surface area contributed by atoms with Crippen LogP contribution in [0.3, 0.4) is 0 Å². The number of aromatic nitrogens is 2. The van der Waals surface area contributed by atoms with E-state index in [-0.39, 0.29) is 12.1 Å².